The van der Waals surface area contributed by atoms with E-state index in [-0.39, 0.29) is 91.5 Å². The highest BCUT2D eigenvalue weighted by molar-refractivity contribution is 14.1. The Morgan fingerprint density at radius 3 is 0.875 bits per heavy atom. The van der Waals surface area contributed by atoms with Crippen molar-refractivity contribution in [2.75, 3.05) is 0 Å². The fourth-order valence-electron chi connectivity index (χ4n) is 7.23. The van der Waals surface area contributed by atoms with Crippen LogP contribution in [0.1, 0.15) is 79.0 Å². The van der Waals surface area contributed by atoms with Gasteiger partial charge in [-0.1, -0.05) is 98.7 Å². The summed E-state index contributed by atoms with van der Waals surface area (Å²) in [5.41, 5.74) is 4.70. The van der Waals surface area contributed by atoms with Crippen molar-refractivity contribution in [1.82, 2.24) is 0 Å². The first kappa shape index (κ1) is 66.3. The van der Waals surface area contributed by atoms with Crippen LogP contribution in [0.4, 0.5) is 8.78 Å². The molecule has 0 amide bonds. The number of benzene rings is 9. The molecule has 0 aliphatic rings. The van der Waals surface area contributed by atoms with E-state index in [4.69, 9.17) is 14.2 Å². The van der Waals surface area contributed by atoms with Crippen molar-refractivity contribution >= 4 is 136 Å². The van der Waals surface area contributed by atoms with Gasteiger partial charge in [0.2, 0.25) is 0 Å². The van der Waals surface area contributed by atoms with E-state index in [2.05, 4.69) is 319 Å². The Labute approximate surface area is 585 Å². The van der Waals surface area contributed by atoms with E-state index < -0.39 is 0 Å². The van der Waals surface area contributed by atoms with Crippen molar-refractivity contribution in [3.05, 3.63) is 259 Å². The molecule has 3 nitrogen and oxygen atoms in total. The largest absolute Gasteiger partial charge is 0.457 e. The molecule has 0 aromatic heterocycles. The number of hydrogen-bond acceptors (Lipinski definition) is 3. The van der Waals surface area contributed by atoms with E-state index in [9.17, 15) is 8.78 Å². The molecule has 80 heavy (non-hydrogen) atoms. The zero-order chi connectivity index (χ0) is 57.9. The molecule has 9 aromatic carbocycles. The van der Waals surface area contributed by atoms with Crippen LogP contribution >= 0.6 is 136 Å². The van der Waals surface area contributed by atoms with Gasteiger partial charge in [0.1, 0.15) is 40.4 Å². The SMILES string of the molecule is CC(C)(C)c1ccc([I+]c2ccc(Oc3c(I)c(I)c(I)c(I)c3I)cc2)cc1.CC(C)(C)c1ccc([I+]c2ccc(Oc3ccc(F)cc3)cc2)cc1.CC(C)(C)c1ccc([I+]c2ccc(Oc3ccc(F)cc3I)cc2)cc1. The molecule has 0 aliphatic heterocycles. The predicted octanol–water partition coefficient (Wildman–Crippen LogP) is 12.6. The molecule has 0 radical (unpaired) electrons. The minimum Gasteiger partial charge on any atom is -0.457 e. The van der Waals surface area contributed by atoms with E-state index in [1.54, 1.807) is 18.2 Å². The molecular weight excluding hydrogens is 2020 g/mol. The van der Waals surface area contributed by atoms with E-state index in [0.717, 1.165) is 26.6 Å². The molecule has 414 valence electrons. The molecule has 0 N–H and O–H groups in total. The van der Waals surface area contributed by atoms with Gasteiger partial charge in [-0.25, -0.2) is 8.78 Å². The van der Waals surface area contributed by atoms with E-state index in [1.807, 2.05) is 24.3 Å². The molecule has 0 saturated heterocycles. The first-order valence-electron chi connectivity index (χ1n) is 25.1. The van der Waals surface area contributed by atoms with Crippen molar-refractivity contribution in [2.45, 2.75) is 78.6 Å². The molecule has 9 aromatic rings. The number of ether oxygens (including phenoxy) is 3. The van der Waals surface area contributed by atoms with Crippen LogP contribution in [0.5, 0.6) is 34.5 Å². The van der Waals surface area contributed by atoms with E-state index in [1.165, 1.54) is 80.2 Å². The molecular formula is C66H58F2I9O3+3. The van der Waals surface area contributed by atoms with Crippen molar-refractivity contribution in [3.63, 3.8) is 0 Å². The summed E-state index contributed by atoms with van der Waals surface area (Å²) in [7, 11) is 0. The average molecular weight is 2080 g/mol. The van der Waals surface area contributed by atoms with Crippen LogP contribution in [-0.2, 0) is 16.2 Å². The summed E-state index contributed by atoms with van der Waals surface area (Å²) in [6.07, 6.45) is 0. The van der Waals surface area contributed by atoms with Gasteiger partial charge in [-0.05, 0) is 320 Å². The number of halogens is 11. The molecule has 0 spiro atoms. The maximum atomic E-state index is 13.2. The zero-order valence-corrected chi connectivity index (χ0v) is 64.7. The van der Waals surface area contributed by atoms with Crippen molar-refractivity contribution < 1.29 is 86.6 Å². The Balaban J connectivity index is 0.000000174. The van der Waals surface area contributed by atoms with E-state index in [0.29, 0.717) is 11.5 Å². The first-order valence-corrected chi connectivity index (χ1v) is 38.1. The van der Waals surface area contributed by atoms with Crippen molar-refractivity contribution in [2.24, 2.45) is 0 Å². The van der Waals surface area contributed by atoms with Gasteiger partial charge in [0, 0.05) is 10.7 Å². The Bertz CT molecular complexity index is 3440. The second kappa shape index (κ2) is 30.4. The van der Waals surface area contributed by atoms with Crippen molar-refractivity contribution in [1.29, 1.82) is 0 Å². The van der Waals surface area contributed by atoms with Crippen LogP contribution < -0.4 is 77.8 Å². The first-order chi connectivity index (χ1) is 37.8. The van der Waals surface area contributed by atoms with Gasteiger partial charge in [-0.2, -0.15) is 0 Å². The third-order valence-electron chi connectivity index (χ3n) is 11.8. The predicted molar refractivity (Wildman–Crippen MR) is 363 cm³/mol. The monoisotopic (exact) mass is 2080 g/mol. The lowest BCUT2D eigenvalue weighted by molar-refractivity contribution is -0.597. The Morgan fingerprint density at radius 2 is 0.562 bits per heavy atom. The van der Waals surface area contributed by atoms with Crippen LogP contribution in [0.15, 0.2) is 188 Å². The van der Waals surface area contributed by atoms with Crippen LogP contribution in [-0.4, -0.2) is 0 Å². The van der Waals surface area contributed by atoms with Crippen LogP contribution in [0.25, 0.3) is 0 Å². The molecule has 0 saturated carbocycles. The highest BCUT2D eigenvalue weighted by Crippen LogP contribution is 2.40. The fourth-order valence-corrected chi connectivity index (χ4v) is 19.2. The summed E-state index contributed by atoms with van der Waals surface area (Å²) in [4.78, 5) is 0. The van der Waals surface area contributed by atoms with Gasteiger partial charge in [0.05, 0.1) is 10.7 Å². The van der Waals surface area contributed by atoms with Gasteiger partial charge in [0.15, 0.2) is 27.2 Å². The minimum absolute atomic E-state index is 0.184. The molecule has 0 unspecified atom stereocenters. The van der Waals surface area contributed by atoms with Crippen LogP contribution in [0.3, 0.4) is 0 Å². The molecule has 0 aliphatic carbocycles. The molecule has 0 atom stereocenters. The minimum atomic E-state index is -0.259. The lowest BCUT2D eigenvalue weighted by Gasteiger charge is -2.18. The molecule has 14 heteroatoms. The third kappa shape index (κ3) is 20.2. The second-order valence-corrected chi connectivity index (χ2v) is 36.8. The normalized spacial score (nSPS) is 11.5. The van der Waals surface area contributed by atoms with Crippen molar-refractivity contribution in [3.8, 4) is 34.5 Å². The fraction of sp³-hybridized carbons (Fsp3) is 0.182. The van der Waals surface area contributed by atoms with Crippen LogP contribution in [0.2, 0.25) is 0 Å². The summed E-state index contributed by atoms with van der Waals surface area (Å²) >= 11 is 13.5. The van der Waals surface area contributed by atoms with Crippen LogP contribution in [0, 0.1) is 54.5 Å². The second-order valence-electron chi connectivity index (χ2n) is 21.1. The smallest absolute Gasteiger partial charge is 0.357 e. The molecule has 0 fully saturated rings. The Morgan fingerprint density at radius 1 is 0.300 bits per heavy atom. The van der Waals surface area contributed by atoms with E-state index >= 15 is 0 Å². The summed E-state index contributed by atoms with van der Waals surface area (Å²) < 4.78 is 59.2. The van der Waals surface area contributed by atoms with Gasteiger partial charge in [-0.3, -0.25) is 0 Å². The maximum Gasteiger partial charge on any atom is 0.357 e. The highest BCUT2D eigenvalue weighted by atomic mass is 127. The molecule has 0 bridgehead atoms. The number of hydrogen-bond donors (Lipinski definition) is 0. The Hall–Kier alpha value is -1.19. The maximum absolute atomic E-state index is 13.2. The number of rotatable bonds is 12. The molecule has 0 heterocycles. The zero-order valence-electron chi connectivity index (χ0n) is 45.3. The summed E-state index contributed by atoms with van der Waals surface area (Å²) in [6.45, 7) is 20.2. The quantitative estimate of drug-likeness (QED) is 0.0693. The lowest BCUT2D eigenvalue weighted by Crippen LogP contribution is -3.61. The van der Waals surface area contributed by atoms with Gasteiger partial charge in [0.25, 0.3) is 0 Å². The van der Waals surface area contributed by atoms with Gasteiger partial charge in [-0.15, -0.1) is 0 Å². The highest BCUT2D eigenvalue weighted by Gasteiger charge is 2.24. The summed E-state index contributed by atoms with van der Waals surface area (Å²) in [5, 5.41) is 0. The lowest BCUT2D eigenvalue weighted by atomic mass is 9.87. The average Bonchev–Trinajstić information content (AvgIpc) is 3.48. The summed E-state index contributed by atoms with van der Waals surface area (Å²) in [6, 6.07) is 62.7. The topological polar surface area (TPSA) is 27.7 Å². The Kier molecular flexibility index (Phi) is 25.2. The third-order valence-corrected chi connectivity index (χ3v) is 30.1. The standard InChI is InChI=1S/C22H20FI2O.C22H21FIO.C22H17I6O/c1-22(2,3)15-4-7-17(8-5-15)25-18-9-11-19(12-10-18)26-21-13-6-16(23)14-20(21)24;1-22(2,3)16-4-8-18(9-5-16)24-19-10-14-21(15-11-19)25-20-12-6-17(23)7-13-20;1-22(2,3)12-4-6-13(7-5-12)28-14-8-10-15(11-9-14)29-21-19(26)17(24)16(23)18(25)20(21)27/h4-14H,1-3H3;4-15H,1-3H3;4-11H,1-3H3/q3*+1. The molecule has 9 rings (SSSR count). The summed E-state index contributed by atoms with van der Waals surface area (Å²) in [5.74, 6) is 4.19. The van der Waals surface area contributed by atoms with Gasteiger partial charge >= 0.3 is 63.6 Å². The van der Waals surface area contributed by atoms with Gasteiger partial charge < -0.3 is 14.2 Å².